The zero-order chi connectivity index (χ0) is 8.43. The lowest BCUT2D eigenvalue weighted by Crippen LogP contribution is -2.36. The van der Waals surface area contributed by atoms with Gasteiger partial charge in [0.2, 0.25) is 0 Å². The van der Waals surface area contributed by atoms with E-state index in [1.807, 2.05) is 0 Å². The average molecular weight is 154 g/mol. The lowest BCUT2D eigenvalue weighted by molar-refractivity contribution is 0.0514. The maximum absolute atomic E-state index is 2.43. The van der Waals surface area contributed by atoms with Crippen molar-refractivity contribution >= 4 is 0 Å². The summed E-state index contributed by atoms with van der Waals surface area (Å²) in [6.07, 6.45) is 4.28. The highest BCUT2D eigenvalue weighted by Crippen LogP contribution is 2.45. The molecule has 0 aromatic heterocycles. The highest BCUT2D eigenvalue weighted by atomic mass is 14.4. The van der Waals surface area contributed by atoms with Crippen LogP contribution in [0.3, 0.4) is 0 Å². The van der Waals surface area contributed by atoms with Crippen LogP contribution in [-0.2, 0) is 0 Å². The average Bonchev–Trinajstić information content (AvgIpc) is 1.99. The predicted octanol–water partition coefficient (Wildman–Crippen LogP) is 3.71. The van der Waals surface area contributed by atoms with Gasteiger partial charge in [-0.2, -0.15) is 0 Å². The summed E-state index contributed by atoms with van der Waals surface area (Å²) >= 11 is 0. The zero-order valence-corrected chi connectivity index (χ0v) is 8.43. The third kappa shape index (κ3) is 1.77. The second-order valence-corrected chi connectivity index (χ2v) is 4.50. The molecule has 0 nitrogen and oxygen atoms in total. The third-order valence-electron chi connectivity index (χ3n) is 3.69. The fourth-order valence-corrected chi connectivity index (χ4v) is 2.50. The number of rotatable bonds is 3. The molecule has 1 fully saturated rings. The molecule has 0 bridgehead atoms. The van der Waals surface area contributed by atoms with Gasteiger partial charge in [0, 0.05) is 0 Å². The molecule has 0 radical (unpaired) electrons. The highest BCUT2D eigenvalue weighted by molar-refractivity contribution is 4.86. The summed E-state index contributed by atoms with van der Waals surface area (Å²) in [7, 11) is 0. The van der Waals surface area contributed by atoms with Crippen LogP contribution in [0.2, 0.25) is 0 Å². The van der Waals surface area contributed by atoms with Crippen molar-refractivity contribution in [1.82, 2.24) is 0 Å². The van der Waals surface area contributed by atoms with Gasteiger partial charge in [0.05, 0.1) is 0 Å². The van der Waals surface area contributed by atoms with E-state index in [0.717, 1.165) is 23.7 Å². The van der Waals surface area contributed by atoms with Gasteiger partial charge in [-0.25, -0.2) is 0 Å². The van der Waals surface area contributed by atoms with Crippen LogP contribution in [0.1, 0.15) is 47.0 Å². The van der Waals surface area contributed by atoms with Crippen LogP contribution in [0.5, 0.6) is 0 Å². The van der Waals surface area contributed by atoms with Crippen LogP contribution < -0.4 is 0 Å². The normalized spacial score (nSPS) is 39.8. The largest absolute Gasteiger partial charge is 0.0654 e. The maximum Gasteiger partial charge on any atom is -0.0358 e. The van der Waals surface area contributed by atoms with Crippen molar-refractivity contribution in [3.05, 3.63) is 0 Å². The molecule has 0 aromatic rings. The topological polar surface area (TPSA) is 0 Å². The van der Waals surface area contributed by atoms with E-state index in [0.29, 0.717) is 0 Å². The number of hydrogen-bond acceptors (Lipinski definition) is 0. The Morgan fingerprint density at radius 3 is 2.36 bits per heavy atom. The monoisotopic (exact) mass is 154 g/mol. The molecule has 0 amide bonds. The Hall–Kier alpha value is 0. The first-order valence-electron chi connectivity index (χ1n) is 5.16. The maximum atomic E-state index is 2.43. The first kappa shape index (κ1) is 9.09. The molecule has 0 heteroatoms. The second kappa shape index (κ2) is 3.60. The van der Waals surface area contributed by atoms with Crippen LogP contribution in [0, 0.1) is 23.7 Å². The first-order chi connectivity index (χ1) is 5.16. The van der Waals surface area contributed by atoms with Crippen LogP contribution >= 0.6 is 0 Å². The van der Waals surface area contributed by atoms with Gasteiger partial charge in [-0.05, 0) is 30.1 Å². The summed E-state index contributed by atoms with van der Waals surface area (Å²) in [6.45, 7) is 9.53. The molecule has 0 aliphatic heterocycles. The van der Waals surface area contributed by atoms with Crippen LogP contribution in [0.25, 0.3) is 0 Å². The highest BCUT2D eigenvalue weighted by Gasteiger charge is 2.36. The summed E-state index contributed by atoms with van der Waals surface area (Å²) in [6, 6.07) is 0. The van der Waals surface area contributed by atoms with E-state index in [9.17, 15) is 0 Å². The Morgan fingerprint density at radius 1 is 1.36 bits per heavy atom. The van der Waals surface area contributed by atoms with E-state index in [4.69, 9.17) is 0 Å². The Morgan fingerprint density at radius 2 is 2.00 bits per heavy atom. The second-order valence-electron chi connectivity index (χ2n) is 4.50. The molecule has 0 heterocycles. The van der Waals surface area contributed by atoms with Crippen LogP contribution in [0.4, 0.5) is 0 Å². The van der Waals surface area contributed by atoms with Gasteiger partial charge in [-0.3, -0.25) is 0 Å². The van der Waals surface area contributed by atoms with Crippen molar-refractivity contribution in [2.75, 3.05) is 0 Å². The Balaban J connectivity index is 2.27. The van der Waals surface area contributed by atoms with Gasteiger partial charge in [-0.1, -0.05) is 40.5 Å². The van der Waals surface area contributed by atoms with E-state index in [2.05, 4.69) is 27.7 Å². The summed E-state index contributed by atoms with van der Waals surface area (Å²) < 4.78 is 0. The Bertz CT molecular complexity index is 117. The molecule has 0 spiro atoms. The van der Waals surface area contributed by atoms with Gasteiger partial charge in [0.25, 0.3) is 0 Å². The predicted molar refractivity (Wildman–Crippen MR) is 50.5 cm³/mol. The van der Waals surface area contributed by atoms with E-state index < -0.39 is 0 Å². The summed E-state index contributed by atoms with van der Waals surface area (Å²) in [5.74, 6) is 4.02. The van der Waals surface area contributed by atoms with Gasteiger partial charge in [0.1, 0.15) is 0 Å². The SMILES string of the molecule is CCCC(C)C1CC(C)C1C. The molecular formula is C11H22. The van der Waals surface area contributed by atoms with Crippen molar-refractivity contribution < 1.29 is 0 Å². The van der Waals surface area contributed by atoms with Gasteiger partial charge in [-0.15, -0.1) is 0 Å². The minimum Gasteiger partial charge on any atom is -0.0654 e. The molecule has 66 valence electrons. The van der Waals surface area contributed by atoms with Crippen LogP contribution in [0.15, 0.2) is 0 Å². The standard InChI is InChI=1S/C11H22/c1-5-6-8(2)11-7-9(3)10(11)4/h8-11H,5-7H2,1-4H3. The summed E-state index contributed by atoms with van der Waals surface area (Å²) in [4.78, 5) is 0. The van der Waals surface area contributed by atoms with Crippen molar-refractivity contribution in [2.24, 2.45) is 23.7 Å². The van der Waals surface area contributed by atoms with Crippen molar-refractivity contribution in [1.29, 1.82) is 0 Å². The zero-order valence-electron chi connectivity index (χ0n) is 8.43. The fraction of sp³-hybridized carbons (Fsp3) is 1.00. The summed E-state index contributed by atoms with van der Waals surface area (Å²) in [5, 5.41) is 0. The van der Waals surface area contributed by atoms with Crippen molar-refractivity contribution in [2.45, 2.75) is 47.0 Å². The quantitative estimate of drug-likeness (QED) is 0.581. The molecule has 4 atom stereocenters. The molecule has 0 aromatic carbocycles. The minimum absolute atomic E-state index is 0.978. The van der Waals surface area contributed by atoms with Gasteiger partial charge in [0.15, 0.2) is 0 Å². The van der Waals surface area contributed by atoms with E-state index in [-0.39, 0.29) is 0 Å². The van der Waals surface area contributed by atoms with Crippen molar-refractivity contribution in [3.8, 4) is 0 Å². The Kier molecular flexibility index (Phi) is 2.98. The molecule has 1 saturated carbocycles. The Labute approximate surface area is 71.4 Å². The molecule has 11 heavy (non-hydrogen) atoms. The van der Waals surface area contributed by atoms with Gasteiger partial charge < -0.3 is 0 Å². The molecule has 1 aliphatic rings. The van der Waals surface area contributed by atoms with Crippen molar-refractivity contribution in [3.63, 3.8) is 0 Å². The first-order valence-corrected chi connectivity index (χ1v) is 5.16. The van der Waals surface area contributed by atoms with E-state index in [1.54, 1.807) is 0 Å². The van der Waals surface area contributed by atoms with Gasteiger partial charge >= 0.3 is 0 Å². The number of hydrogen-bond donors (Lipinski definition) is 0. The lowest BCUT2D eigenvalue weighted by atomic mass is 9.61. The third-order valence-corrected chi connectivity index (χ3v) is 3.69. The smallest absolute Gasteiger partial charge is 0.0358 e. The molecule has 1 rings (SSSR count). The fourth-order valence-electron chi connectivity index (χ4n) is 2.50. The van der Waals surface area contributed by atoms with Crippen LogP contribution in [-0.4, -0.2) is 0 Å². The minimum atomic E-state index is 0.978. The lowest BCUT2D eigenvalue weighted by Gasteiger charge is -2.44. The molecular weight excluding hydrogens is 132 g/mol. The molecule has 4 unspecified atom stereocenters. The molecule has 0 saturated heterocycles. The van der Waals surface area contributed by atoms with E-state index in [1.165, 1.54) is 19.3 Å². The molecule has 1 aliphatic carbocycles. The van der Waals surface area contributed by atoms with E-state index >= 15 is 0 Å². The molecule has 0 N–H and O–H groups in total. The summed E-state index contributed by atoms with van der Waals surface area (Å²) in [5.41, 5.74) is 0.